The highest BCUT2D eigenvalue weighted by Gasteiger charge is 2.27. The van der Waals surface area contributed by atoms with Crippen LogP contribution in [0.4, 0.5) is 5.69 Å². The van der Waals surface area contributed by atoms with Crippen molar-refractivity contribution in [1.82, 2.24) is 4.31 Å². The summed E-state index contributed by atoms with van der Waals surface area (Å²) in [6, 6.07) is 12.1. The summed E-state index contributed by atoms with van der Waals surface area (Å²) < 4.78 is 25.8. The SMILES string of the molecule is CN(C)S(=O)(=O)c1cc(C(=O)N2CCc3ccccc32)ccc1Cl. The number of halogens is 1. The lowest BCUT2D eigenvalue weighted by Crippen LogP contribution is -2.29. The Hall–Kier alpha value is -1.89. The second-order valence-corrected chi connectivity index (χ2v) is 8.30. The van der Waals surface area contributed by atoms with Gasteiger partial charge < -0.3 is 4.90 Å². The monoisotopic (exact) mass is 364 g/mol. The highest BCUT2D eigenvalue weighted by atomic mass is 35.5. The molecule has 126 valence electrons. The molecule has 0 fully saturated rings. The van der Waals surface area contributed by atoms with Gasteiger partial charge in [0.05, 0.1) is 5.02 Å². The third-order valence-electron chi connectivity index (χ3n) is 4.07. The van der Waals surface area contributed by atoms with E-state index in [4.69, 9.17) is 11.6 Å². The van der Waals surface area contributed by atoms with Crippen molar-refractivity contribution in [2.75, 3.05) is 25.5 Å². The van der Waals surface area contributed by atoms with Crippen LogP contribution in [0.5, 0.6) is 0 Å². The zero-order valence-corrected chi connectivity index (χ0v) is 14.9. The lowest BCUT2D eigenvalue weighted by Gasteiger charge is -2.19. The fourth-order valence-electron chi connectivity index (χ4n) is 2.74. The van der Waals surface area contributed by atoms with Gasteiger partial charge in [-0.1, -0.05) is 29.8 Å². The molecule has 1 aliphatic rings. The number of hydrogen-bond donors (Lipinski definition) is 0. The fourth-order valence-corrected chi connectivity index (χ4v) is 4.13. The third-order valence-corrected chi connectivity index (χ3v) is 6.37. The Balaban J connectivity index is 2.01. The fraction of sp³-hybridized carbons (Fsp3) is 0.235. The average molecular weight is 365 g/mol. The predicted molar refractivity (Wildman–Crippen MR) is 94.1 cm³/mol. The summed E-state index contributed by atoms with van der Waals surface area (Å²) in [7, 11) is -0.862. The third kappa shape index (κ3) is 2.81. The number of carbonyl (C=O) groups excluding carboxylic acids is 1. The number of nitrogens with zero attached hydrogens (tertiary/aromatic N) is 2. The summed E-state index contributed by atoms with van der Waals surface area (Å²) in [5, 5.41) is 0.0991. The minimum atomic E-state index is -3.72. The molecule has 0 saturated carbocycles. The number of fused-ring (bicyclic) bond motifs is 1. The van der Waals surface area contributed by atoms with E-state index in [0.717, 1.165) is 22.0 Å². The van der Waals surface area contributed by atoms with Gasteiger partial charge in [-0.05, 0) is 36.2 Å². The molecule has 0 bridgehead atoms. The molecule has 1 amide bonds. The molecule has 0 N–H and O–H groups in total. The molecule has 1 aliphatic heterocycles. The van der Waals surface area contributed by atoms with E-state index in [9.17, 15) is 13.2 Å². The molecule has 5 nitrogen and oxygen atoms in total. The standard InChI is InChI=1S/C17H17ClN2O3S/c1-19(2)24(22,23)16-11-13(7-8-14(16)18)17(21)20-10-9-12-5-3-4-6-15(12)20/h3-8,11H,9-10H2,1-2H3. The Bertz CT molecular complexity index is 910. The van der Waals surface area contributed by atoms with E-state index in [1.165, 1.54) is 26.2 Å². The maximum absolute atomic E-state index is 12.8. The van der Waals surface area contributed by atoms with E-state index in [2.05, 4.69) is 0 Å². The van der Waals surface area contributed by atoms with Gasteiger partial charge in [-0.3, -0.25) is 4.79 Å². The normalized spacial score (nSPS) is 14.1. The van der Waals surface area contributed by atoms with Crippen molar-refractivity contribution in [3.05, 3.63) is 58.6 Å². The van der Waals surface area contributed by atoms with Crippen LogP contribution in [0.3, 0.4) is 0 Å². The zero-order valence-electron chi connectivity index (χ0n) is 13.4. The van der Waals surface area contributed by atoms with Crippen molar-refractivity contribution < 1.29 is 13.2 Å². The van der Waals surface area contributed by atoms with Crippen molar-refractivity contribution >= 4 is 33.2 Å². The molecule has 0 atom stereocenters. The minimum Gasteiger partial charge on any atom is -0.308 e. The topological polar surface area (TPSA) is 57.7 Å². The van der Waals surface area contributed by atoms with E-state index < -0.39 is 10.0 Å². The van der Waals surface area contributed by atoms with Gasteiger partial charge in [0.25, 0.3) is 5.91 Å². The first kappa shape index (κ1) is 17.0. The molecule has 0 aromatic heterocycles. The zero-order chi connectivity index (χ0) is 17.5. The predicted octanol–water partition coefficient (Wildman–Crippen LogP) is 2.79. The lowest BCUT2D eigenvalue weighted by atomic mass is 10.1. The highest BCUT2D eigenvalue weighted by Crippen LogP contribution is 2.30. The number of benzene rings is 2. The summed E-state index contributed by atoms with van der Waals surface area (Å²) in [4.78, 5) is 14.5. The first-order valence-electron chi connectivity index (χ1n) is 7.44. The van der Waals surface area contributed by atoms with Gasteiger partial charge in [-0.15, -0.1) is 0 Å². The van der Waals surface area contributed by atoms with Crippen LogP contribution >= 0.6 is 11.6 Å². The van der Waals surface area contributed by atoms with Crippen LogP contribution in [-0.4, -0.2) is 39.3 Å². The van der Waals surface area contributed by atoms with Gasteiger partial charge in [0.15, 0.2) is 0 Å². The maximum atomic E-state index is 12.8. The quantitative estimate of drug-likeness (QED) is 0.841. The van der Waals surface area contributed by atoms with Crippen LogP contribution in [-0.2, 0) is 16.4 Å². The van der Waals surface area contributed by atoms with Gasteiger partial charge in [0.2, 0.25) is 10.0 Å². The van der Waals surface area contributed by atoms with Gasteiger partial charge in [0, 0.05) is 31.9 Å². The Morgan fingerprint density at radius 2 is 1.88 bits per heavy atom. The van der Waals surface area contributed by atoms with E-state index >= 15 is 0 Å². The van der Waals surface area contributed by atoms with Gasteiger partial charge in [-0.2, -0.15) is 0 Å². The van der Waals surface area contributed by atoms with Crippen molar-refractivity contribution in [2.24, 2.45) is 0 Å². The highest BCUT2D eigenvalue weighted by molar-refractivity contribution is 7.89. The molecular formula is C17H17ClN2O3S. The number of sulfonamides is 1. The summed E-state index contributed by atoms with van der Waals surface area (Å²) in [5.74, 6) is -0.230. The van der Waals surface area contributed by atoms with Crippen LogP contribution in [0, 0.1) is 0 Å². The van der Waals surface area contributed by atoms with Crippen molar-refractivity contribution in [3.8, 4) is 0 Å². The lowest BCUT2D eigenvalue weighted by molar-refractivity contribution is 0.0989. The summed E-state index contributed by atoms with van der Waals surface area (Å²) >= 11 is 6.04. The number of amides is 1. The van der Waals surface area contributed by atoms with Crippen LogP contribution in [0.2, 0.25) is 5.02 Å². The molecular weight excluding hydrogens is 348 g/mol. The molecule has 0 spiro atoms. The summed E-state index contributed by atoms with van der Waals surface area (Å²) in [6.45, 7) is 0.580. The van der Waals surface area contributed by atoms with Crippen molar-refractivity contribution in [1.29, 1.82) is 0 Å². The molecule has 0 radical (unpaired) electrons. The molecule has 2 aromatic rings. The molecule has 0 aliphatic carbocycles. The Kier molecular flexibility index (Phi) is 4.38. The van der Waals surface area contributed by atoms with Gasteiger partial charge in [0.1, 0.15) is 4.90 Å². The number of carbonyl (C=O) groups is 1. The molecule has 7 heteroatoms. The molecule has 3 rings (SSSR count). The number of hydrogen-bond acceptors (Lipinski definition) is 3. The maximum Gasteiger partial charge on any atom is 0.258 e. The molecule has 0 unspecified atom stereocenters. The number of rotatable bonds is 3. The van der Waals surface area contributed by atoms with Crippen LogP contribution in [0.15, 0.2) is 47.4 Å². The first-order chi connectivity index (χ1) is 11.3. The van der Waals surface area contributed by atoms with Crippen molar-refractivity contribution in [2.45, 2.75) is 11.3 Å². The molecule has 24 heavy (non-hydrogen) atoms. The Morgan fingerprint density at radius 3 is 2.58 bits per heavy atom. The summed E-state index contributed by atoms with van der Waals surface area (Å²) in [6.07, 6.45) is 0.790. The molecule has 0 saturated heterocycles. The van der Waals surface area contributed by atoms with E-state index in [0.29, 0.717) is 12.1 Å². The number of para-hydroxylation sites is 1. The van der Waals surface area contributed by atoms with Crippen LogP contribution in [0.25, 0.3) is 0 Å². The van der Waals surface area contributed by atoms with E-state index in [1.54, 1.807) is 11.0 Å². The van der Waals surface area contributed by atoms with Crippen LogP contribution in [0.1, 0.15) is 15.9 Å². The average Bonchev–Trinajstić information content (AvgIpc) is 2.98. The first-order valence-corrected chi connectivity index (χ1v) is 9.26. The smallest absolute Gasteiger partial charge is 0.258 e. The Morgan fingerprint density at radius 1 is 1.17 bits per heavy atom. The molecule has 2 aromatic carbocycles. The van der Waals surface area contributed by atoms with Crippen LogP contribution < -0.4 is 4.90 Å². The number of anilines is 1. The largest absolute Gasteiger partial charge is 0.308 e. The van der Waals surface area contributed by atoms with E-state index in [-0.39, 0.29) is 15.8 Å². The van der Waals surface area contributed by atoms with Gasteiger partial charge >= 0.3 is 0 Å². The minimum absolute atomic E-state index is 0.0625. The van der Waals surface area contributed by atoms with Crippen molar-refractivity contribution in [3.63, 3.8) is 0 Å². The Labute approximate surface area is 146 Å². The second kappa shape index (κ2) is 6.20. The second-order valence-electron chi connectivity index (χ2n) is 5.77. The van der Waals surface area contributed by atoms with Gasteiger partial charge in [-0.25, -0.2) is 12.7 Å². The molecule has 1 heterocycles. The van der Waals surface area contributed by atoms with E-state index in [1.807, 2.05) is 24.3 Å². The summed E-state index contributed by atoms with van der Waals surface area (Å²) in [5.41, 5.74) is 2.28.